The fraction of sp³-hybridized carbons (Fsp3) is 1.00. The van der Waals surface area contributed by atoms with Gasteiger partial charge in [0.15, 0.2) is 0 Å². The molecule has 4 atom stereocenters. The van der Waals surface area contributed by atoms with Gasteiger partial charge in [0.05, 0.1) is 0 Å². The van der Waals surface area contributed by atoms with Crippen molar-refractivity contribution in [1.82, 2.24) is 5.32 Å². The lowest BCUT2D eigenvalue weighted by Crippen LogP contribution is -2.41. The van der Waals surface area contributed by atoms with Crippen molar-refractivity contribution in [2.45, 2.75) is 72.3 Å². The maximum atomic E-state index is 3.87. The van der Waals surface area contributed by atoms with Crippen molar-refractivity contribution < 1.29 is 0 Å². The Labute approximate surface area is 108 Å². The van der Waals surface area contributed by atoms with Crippen LogP contribution in [0.2, 0.25) is 0 Å². The van der Waals surface area contributed by atoms with Gasteiger partial charge in [-0.3, -0.25) is 0 Å². The second-order valence-corrected chi connectivity index (χ2v) is 7.80. The third-order valence-corrected chi connectivity index (χ3v) is 4.89. The molecule has 0 spiro atoms. The molecule has 0 radical (unpaired) electrons. The van der Waals surface area contributed by atoms with E-state index in [-0.39, 0.29) is 0 Å². The molecule has 2 aliphatic rings. The van der Waals surface area contributed by atoms with Crippen LogP contribution in [0.1, 0.15) is 66.2 Å². The van der Waals surface area contributed by atoms with Crippen LogP contribution >= 0.6 is 0 Å². The van der Waals surface area contributed by atoms with E-state index in [2.05, 4.69) is 33.0 Å². The van der Waals surface area contributed by atoms with Crippen molar-refractivity contribution in [3.63, 3.8) is 0 Å². The molecule has 2 fully saturated rings. The van der Waals surface area contributed by atoms with Gasteiger partial charge in [-0.2, -0.15) is 0 Å². The molecule has 1 heteroatoms. The van der Waals surface area contributed by atoms with E-state index in [1.807, 2.05) is 0 Å². The maximum absolute atomic E-state index is 3.87. The molecule has 0 aromatic rings. The highest BCUT2D eigenvalue weighted by molar-refractivity contribution is 4.87. The molecule has 1 nitrogen and oxygen atoms in total. The van der Waals surface area contributed by atoms with Crippen LogP contribution in [0.3, 0.4) is 0 Å². The number of hydrogen-bond acceptors (Lipinski definition) is 1. The predicted molar refractivity (Wildman–Crippen MR) is 75.1 cm³/mol. The number of hydrogen-bond donors (Lipinski definition) is 1. The van der Waals surface area contributed by atoms with Gasteiger partial charge in [0.1, 0.15) is 0 Å². The molecule has 0 saturated heterocycles. The highest BCUT2D eigenvalue weighted by atomic mass is 14.9. The van der Waals surface area contributed by atoms with Gasteiger partial charge < -0.3 is 5.32 Å². The number of nitrogens with one attached hydrogen (secondary N) is 1. The Morgan fingerprint density at radius 3 is 2.35 bits per heavy atom. The molecule has 4 unspecified atom stereocenters. The summed E-state index contributed by atoms with van der Waals surface area (Å²) < 4.78 is 0. The minimum Gasteiger partial charge on any atom is -0.314 e. The molecule has 2 rings (SSSR count). The summed E-state index contributed by atoms with van der Waals surface area (Å²) in [4.78, 5) is 0. The highest BCUT2D eigenvalue weighted by Crippen LogP contribution is 2.38. The predicted octanol–water partition coefficient (Wildman–Crippen LogP) is 4.23. The second kappa shape index (κ2) is 5.30. The average molecular weight is 237 g/mol. The Kier molecular flexibility index (Phi) is 4.18. The summed E-state index contributed by atoms with van der Waals surface area (Å²) in [5.74, 6) is 2.84. The van der Waals surface area contributed by atoms with Crippen molar-refractivity contribution in [3.8, 4) is 0 Å². The van der Waals surface area contributed by atoms with Gasteiger partial charge in [-0.15, -0.1) is 0 Å². The molecular formula is C16H31N. The summed E-state index contributed by atoms with van der Waals surface area (Å²) in [5.41, 5.74) is 0.554. The zero-order chi connectivity index (χ0) is 12.5. The second-order valence-electron chi connectivity index (χ2n) is 7.80. The molecule has 0 aromatic heterocycles. The zero-order valence-electron chi connectivity index (χ0n) is 12.3. The molecular weight excluding hydrogens is 206 g/mol. The van der Waals surface area contributed by atoms with E-state index >= 15 is 0 Å². The van der Waals surface area contributed by atoms with Gasteiger partial charge in [0, 0.05) is 6.04 Å². The normalized spacial score (nSPS) is 41.6. The minimum absolute atomic E-state index is 0.554. The Morgan fingerprint density at radius 1 is 1.00 bits per heavy atom. The Morgan fingerprint density at radius 2 is 1.76 bits per heavy atom. The third kappa shape index (κ3) is 3.98. The summed E-state index contributed by atoms with van der Waals surface area (Å²) in [6, 6.07) is 0.782. The molecule has 17 heavy (non-hydrogen) atoms. The van der Waals surface area contributed by atoms with Gasteiger partial charge in [-0.25, -0.2) is 0 Å². The van der Waals surface area contributed by atoms with Crippen LogP contribution in [0, 0.1) is 23.2 Å². The fourth-order valence-corrected chi connectivity index (χ4v) is 4.35. The van der Waals surface area contributed by atoms with E-state index in [1.165, 1.54) is 45.1 Å². The van der Waals surface area contributed by atoms with Crippen LogP contribution in [0.4, 0.5) is 0 Å². The lowest BCUT2D eigenvalue weighted by molar-refractivity contribution is 0.148. The summed E-state index contributed by atoms with van der Waals surface area (Å²) in [5, 5.41) is 3.87. The molecule has 1 N–H and O–H groups in total. The molecule has 100 valence electrons. The number of rotatable bonds is 3. The molecule has 2 aliphatic carbocycles. The topological polar surface area (TPSA) is 12.0 Å². The maximum Gasteiger partial charge on any atom is 0.00748 e. The lowest BCUT2D eigenvalue weighted by Gasteiger charge is -2.39. The first-order valence-electron chi connectivity index (χ1n) is 7.68. The molecule has 0 amide bonds. The first kappa shape index (κ1) is 13.4. The fourth-order valence-electron chi connectivity index (χ4n) is 4.35. The Balaban J connectivity index is 1.75. The molecule has 2 saturated carbocycles. The van der Waals surface area contributed by atoms with E-state index < -0.39 is 0 Å². The van der Waals surface area contributed by atoms with Crippen molar-refractivity contribution in [3.05, 3.63) is 0 Å². The highest BCUT2D eigenvalue weighted by Gasteiger charge is 2.32. The average Bonchev–Trinajstić information content (AvgIpc) is 2.58. The van der Waals surface area contributed by atoms with Crippen LogP contribution in [-0.2, 0) is 0 Å². The molecule has 0 aromatic carbocycles. The SMILES string of the molecule is CC1CCC(CNC2CC(C)CC(C)(C)C2)C1. The first-order valence-corrected chi connectivity index (χ1v) is 7.68. The van der Waals surface area contributed by atoms with Crippen LogP contribution < -0.4 is 5.32 Å². The molecule has 0 aliphatic heterocycles. The van der Waals surface area contributed by atoms with Gasteiger partial charge in [0.25, 0.3) is 0 Å². The summed E-state index contributed by atoms with van der Waals surface area (Å²) in [7, 11) is 0. The summed E-state index contributed by atoms with van der Waals surface area (Å²) in [6.45, 7) is 11.0. The molecule has 0 heterocycles. The zero-order valence-corrected chi connectivity index (χ0v) is 12.3. The van der Waals surface area contributed by atoms with Crippen LogP contribution in [-0.4, -0.2) is 12.6 Å². The Hall–Kier alpha value is -0.0400. The van der Waals surface area contributed by atoms with Gasteiger partial charge in [-0.1, -0.05) is 34.1 Å². The van der Waals surface area contributed by atoms with E-state index in [9.17, 15) is 0 Å². The monoisotopic (exact) mass is 237 g/mol. The van der Waals surface area contributed by atoms with Crippen LogP contribution in [0.5, 0.6) is 0 Å². The van der Waals surface area contributed by atoms with E-state index in [1.54, 1.807) is 0 Å². The van der Waals surface area contributed by atoms with Crippen molar-refractivity contribution in [1.29, 1.82) is 0 Å². The van der Waals surface area contributed by atoms with E-state index in [4.69, 9.17) is 0 Å². The third-order valence-electron chi connectivity index (χ3n) is 4.89. The molecule has 0 bridgehead atoms. The minimum atomic E-state index is 0.554. The van der Waals surface area contributed by atoms with Crippen LogP contribution in [0.15, 0.2) is 0 Å². The lowest BCUT2D eigenvalue weighted by atomic mass is 9.70. The van der Waals surface area contributed by atoms with Gasteiger partial charge >= 0.3 is 0 Å². The quantitative estimate of drug-likeness (QED) is 0.774. The van der Waals surface area contributed by atoms with E-state index in [0.29, 0.717) is 5.41 Å². The van der Waals surface area contributed by atoms with Gasteiger partial charge in [-0.05, 0) is 61.8 Å². The smallest absolute Gasteiger partial charge is 0.00748 e. The standard InChI is InChI=1S/C16H31N/c1-12-5-6-14(7-12)11-17-15-8-13(2)9-16(3,4)10-15/h12-15,17H,5-11H2,1-4H3. The summed E-state index contributed by atoms with van der Waals surface area (Å²) >= 11 is 0. The first-order chi connectivity index (χ1) is 7.94. The Bertz CT molecular complexity index is 246. The van der Waals surface area contributed by atoms with Gasteiger partial charge in [0.2, 0.25) is 0 Å². The largest absolute Gasteiger partial charge is 0.314 e. The summed E-state index contributed by atoms with van der Waals surface area (Å²) in [6.07, 6.45) is 8.55. The van der Waals surface area contributed by atoms with E-state index in [0.717, 1.165) is 23.8 Å². The van der Waals surface area contributed by atoms with Crippen molar-refractivity contribution in [2.24, 2.45) is 23.2 Å². The van der Waals surface area contributed by atoms with Crippen molar-refractivity contribution >= 4 is 0 Å². The van der Waals surface area contributed by atoms with Crippen LogP contribution in [0.25, 0.3) is 0 Å². The van der Waals surface area contributed by atoms with Crippen molar-refractivity contribution in [2.75, 3.05) is 6.54 Å².